The number of allylic oxidation sites excluding steroid dienone is 1. The van der Waals surface area contributed by atoms with Crippen LogP contribution in [0.1, 0.15) is 65.1 Å². The monoisotopic (exact) mass is 652 g/mol. The normalized spacial score (nSPS) is 15.0. The zero-order chi connectivity index (χ0) is 33.4. The van der Waals surface area contributed by atoms with Gasteiger partial charge in [0.05, 0.1) is 54.9 Å². The summed E-state index contributed by atoms with van der Waals surface area (Å²) >= 11 is 1.22. The Labute approximate surface area is 271 Å². The Morgan fingerprint density at radius 1 is 0.957 bits per heavy atom. The molecule has 11 nitrogen and oxygen atoms in total. The Balaban J connectivity index is 1.86. The van der Waals surface area contributed by atoms with E-state index >= 15 is 0 Å². The standard InChI is InChI=1S/C34H40N2O9S/c1-8-20(5)45-25-14-12-22(16-26(25)41-9-2)17-28-32(38)36-31(30(33(39)43-11-4)21(6)35-34(36)46-28)23-13-15-24(27(18-23)42-10-3)44-19-29(37)40-7/h12-18,20,31H,8-11,19H2,1-7H3/b28-17-/t20-,31+/m0/s1. The highest BCUT2D eigenvalue weighted by Gasteiger charge is 2.34. The number of fused-ring (bicyclic) bond motifs is 1. The maximum atomic E-state index is 14.1. The van der Waals surface area contributed by atoms with Crippen molar-refractivity contribution in [3.63, 3.8) is 0 Å². The van der Waals surface area contributed by atoms with Crippen LogP contribution in [0.25, 0.3) is 6.08 Å². The summed E-state index contributed by atoms with van der Waals surface area (Å²) in [5.41, 5.74) is 1.66. The lowest BCUT2D eigenvalue weighted by Crippen LogP contribution is -2.40. The molecule has 0 saturated carbocycles. The van der Waals surface area contributed by atoms with Gasteiger partial charge in [-0.15, -0.1) is 0 Å². The summed E-state index contributed by atoms with van der Waals surface area (Å²) in [5.74, 6) is 0.743. The smallest absolute Gasteiger partial charge is 0.343 e. The van der Waals surface area contributed by atoms with Crippen molar-refractivity contribution in [2.45, 2.75) is 60.1 Å². The van der Waals surface area contributed by atoms with E-state index in [1.807, 2.05) is 45.9 Å². The van der Waals surface area contributed by atoms with E-state index in [4.69, 9.17) is 23.7 Å². The minimum absolute atomic E-state index is 0.0160. The molecular weight excluding hydrogens is 612 g/mol. The Morgan fingerprint density at radius 2 is 1.65 bits per heavy atom. The Kier molecular flexibility index (Phi) is 11.6. The third-order valence-electron chi connectivity index (χ3n) is 7.14. The van der Waals surface area contributed by atoms with Crippen LogP contribution in [-0.2, 0) is 19.1 Å². The van der Waals surface area contributed by atoms with Gasteiger partial charge in [0.25, 0.3) is 5.56 Å². The molecule has 0 aliphatic carbocycles. The van der Waals surface area contributed by atoms with Crippen LogP contribution in [0.3, 0.4) is 0 Å². The van der Waals surface area contributed by atoms with Gasteiger partial charge in [0.1, 0.15) is 0 Å². The van der Waals surface area contributed by atoms with E-state index in [2.05, 4.69) is 9.73 Å². The van der Waals surface area contributed by atoms with Crippen LogP contribution < -0.4 is 33.8 Å². The fourth-order valence-corrected chi connectivity index (χ4v) is 5.86. The fraction of sp³-hybridized carbons (Fsp3) is 0.412. The number of hydrogen-bond donors (Lipinski definition) is 0. The van der Waals surface area contributed by atoms with Crippen molar-refractivity contribution >= 4 is 29.4 Å². The molecule has 0 bridgehead atoms. The van der Waals surface area contributed by atoms with Crippen LogP contribution in [0.2, 0.25) is 0 Å². The number of rotatable bonds is 14. The average Bonchev–Trinajstić information content (AvgIpc) is 3.34. The van der Waals surface area contributed by atoms with Gasteiger partial charge in [-0.1, -0.05) is 30.4 Å². The Morgan fingerprint density at radius 3 is 2.30 bits per heavy atom. The molecule has 3 aromatic rings. The number of esters is 2. The summed E-state index contributed by atoms with van der Waals surface area (Å²) in [6.45, 7) is 11.8. The number of hydrogen-bond acceptors (Lipinski definition) is 11. The maximum absolute atomic E-state index is 14.1. The fourth-order valence-electron chi connectivity index (χ4n) is 4.82. The molecule has 0 N–H and O–H groups in total. The van der Waals surface area contributed by atoms with E-state index in [9.17, 15) is 14.4 Å². The second-order valence-electron chi connectivity index (χ2n) is 10.3. The lowest BCUT2D eigenvalue weighted by molar-refractivity contribution is -0.143. The van der Waals surface area contributed by atoms with Crippen LogP contribution in [0.5, 0.6) is 23.0 Å². The van der Waals surface area contributed by atoms with Crippen molar-refractivity contribution in [3.8, 4) is 23.0 Å². The molecule has 0 saturated heterocycles. The van der Waals surface area contributed by atoms with Gasteiger partial charge in [-0.3, -0.25) is 9.36 Å². The first-order valence-electron chi connectivity index (χ1n) is 15.2. The van der Waals surface area contributed by atoms with Gasteiger partial charge < -0.3 is 28.4 Å². The number of carbonyl (C=O) groups is 2. The van der Waals surface area contributed by atoms with Crippen LogP contribution in [0.15, 0.2) is 57.5 Å². The van der Waals surface area contributed by atoms with Crippen molar-refractivity contribution in [2.75, 3.05) is 33.5 Å². The van der Waals surface area contributed by atoms with E-state index < -0.39 is 18.0 Å². The van der Waals surface area contributed by atoms with E-state index in [1.165, 1.54) is 23.0 Å². The average molecular weight is 653 g/mol. The van der Waals surface area contributed by atoms with Crippen molar-refractivity contribution in [1.82, 2.24) is 4.57 Å². The molecule has 2 aromatic carbocycles. The van der Waals surface area contributed by atoms with Gasteiger partial charge in [-0.2, -0.15) is 0 Å². The minimum atomic E-state index is -0.864. The highest BCUT2D eigenvalue weighted by atomic mass is 32.1. The summed E-state index contributed by atoms with van der Waals surface area (Å²) in [7, 11) is 1.27. The predicted molar refractivity (Wildman–Crippen MR) is 174 cm³/mol. The number of benzene rings is 2. The summed E-state index contributed by atoms with van der Waals surface area (Å²) < 4.78 is 35.4. The van der Waals surface area contributed by atoms with Crippen LogP contribution in [0, 0.1) is 0 Å². The molecule has 46 heavy (non-hydrogen) atoms. The molecule has 0 amide bonds. The molecule has 0 spiro atoms. The van der Waals surface area contributed by atoms with Gasteiger partial charge in [0.2, 0.25) is 0 Å². The van der Waals surface area contributed by atoms with E-state index in [0.717, 1.165) is 12.0 Å². The number of thiazole rings is 1. The lowest BCUT2D eigenvalue weighted by Gasteiger charge is -2.25. The Bertz CT molecular complexity index is 1790. The molecule has 2 atom stereocenters. The van der Waals surface area contributed by atoms with Crippen LogP contribution >= 0.6 is 11.3 Å². The summed E-state index contributed by atoms with van der Waals surface area (Å²) in [4.78, 5) is 44.3. The summed E-state index contributed by atoms with van der Waals surface area (Å²) in [6, 6.07) is 9.73. The van der Waals surface area contributed by atoms with Gasteiger partial charge in [0.15, 0.2) is 34.4 Å². The second kappa shape index (κ2) is 15.6. The molecule has 1 aliphatic rings. The number of ether oxygens (including phenoxy) is 6. The second-order valence-corrected chi connectivity index (χ2v) is 11.3. The van der Waals surface area contributed by atoms with Crippen molar-refractivity contribution < 1.29 is 38.0 Å². The molecule has 4 rings (SSSR count). The molecule has 0 radical (unpaired) electrons. The third-order valence-corrected chi connectivity index (χ3v) is 8.12. The Hall–Kier alpha value is -4.58. The summed E-state index contributed by atoms with van der Waals surface area (Å²) in [6.07, 6.45) is 2.63. The van der Waals surface area contributed by atoms with Gasteiger partial charge >= 0.3 is 11.9 Å². The van der Waals surface area contributed by atoms with Crippen LogP contribution in [0.4, 0.5) is 0 Å². The SMILES string of the molecule is CCOC(=O)C1=C(C)N=c2s/c(=C\c3ccc(O[C@@H](C)CC)c(OCC)c3)c(=O)n2[C@@H]1c1ccc(OCC(=O)OC)c(OCC)c1. The number of methoxy groups -OCH3 is 1. The molecule has 12 heteroatoms. The number of aromatic nitrogens is 1. The first kappa shape index (κ1) is 34.3. The molecule has 0 fully saturated rings. The zero-order valence-corrected chi connectivity index (χ0v) is 28.0. The van der Waals surface area contributed by atoms with Gasteiger partial charge in [0, 0.05) is 0 Å². The number of carbonyl (C=O) groups excluding carboxylic acids is 2. The van der Waals surface area contributed by atoms with Gasteiger partial charge in [-0.05, 0) is 82.5 Å². The third kappa shape index (κ3) is 7.61. The summed E-state index contributed by atoms with van der Waals surface area (Å²) in [5, 5.41) is 0. The number of nitrogens with zero attached hydrogens (tertiary/aromatic N) is 2. The molecule has 2 heterocycles. The highest BCUT2D eigenvalue weighted by Crippen LogP contribution is 2.36. The zero-order valence-electron chi connectivity index (χ0n) is 27.2. The largest absolute Gasteiger partial charge is 0.490 e. The van der Waals surface area contributed by atoms with E-state index in [0.29, 0.717) is 56.8 Å². The first-order chi connectivity index (χ1) is 22.1. The first-order valence-corrected chi connectivity index (χ1v) is 16.1. The molecular formula is C34H40N2O9S. The lowest BCUT2D eigenvalue weighted by atomic mass is 9.95. The van der Waals surface area contributed by atoms with E-state index in [-0.39, 0.29) is 30.5 Å². The maximum Gasteiger partial charge on any atom is 0.343 e. The van der Waals surface area contributed by atoms with Crippen LogP contribution in [-0.4, -0.2) is 56.1 Å². The van der Waals surface area contributed by atoms with E-state index in [1.54, 1.807) is 38.1 Å². The quantitative estimate of drug-likeness (QED) is 0.234. The minimum Gasteiger partial charge on any atom is -0.490 e. The van der Waals surface area contributed by atoms with Crippen molar-refractivity contribution in [2.24, 2.45) is 4.99 Å². The molecule has 246 valence electrons. The topological polar surface area (TPSA) is 124 Å². The molecule has 1 aliphatic heterocycles. The molecule has 1 aromatic heterocycles. The predicted octanol–water partition coefficient (Wildman–Crippen LogP) is 4.32. The molecule has 0 unspecified atom stereocenters. The van der Waals surface area contributed by atoms with Crippen molar-refractivity contribution in [1.29, 1.82) is 0 Å². The van der Waals surface area contributed by atoms with Gasteiger partial charge in [-0.25, -0.2) is 14.6 Å². The van der Waals surface area contributed by atoms with Crippen molar-refractivity contribution in [3.05, 3.63) is 78.5 Å². The highest BCUT2D eigenvalue weighted by molar-refractivity contribution is 7.07.